The van der Waals surface area contributed by atoms with Gasteiger partial charge in [-0.2, -0.15) is 5.10 Å². The van der Waals surface area contributed by atoms with E-state index in [1.54, 1.807) is 11.3 Å². The third-order valence-corrected chi connectivity index (χ3v) is 6.01. The molecule has 2 aromatic carbocycles. The van der Waals surface area contributed by atoms with Crippen LogP contribution in [0.3, 0.4) is 0 Å². The summed E-state index contributed by atoms with van der Waals surface area (Å²) in [5.74, 6) is 0.965. The Hall–Kier alpha value is -2.85. The third-order valence-electron chi connectivity index (χ3n) is 5.09. The molecule has 27 heavy (non-hydrogen) atoms. The number of nitrogens with zero attached hydrogens (tertiary/aromatic N) is 2. The molecule has 5 rings (SSSR count). The normalized spacial score (nSPS) is 21.3. The molecule has 3 nitrogen and oxygen atoms in total. The molecular weight excluding hydrogens is 352 g/mol. The molecule has 134 valence electrons. The third kappa shape index (κ3) is 2.96. The standard InChI is InChI=1S/C23H20N2OS/c1-16(14-17-8-3-2-4-9-17)23-25-20(18-10-5-6-11-21(18)26-23)15-19(24-25)22-12-7-13-27-22/h2-14,20,23H,15H2,1H3/b16-14+. The summed E-state index contributed by atoms with van der Waals surface area (Å²) < 4.78 is 6.40. The van der Waals surface area contributed by atoms with Crippen LogP contribution in [0.15, 0.2) is 82.8 Å². The van der Waals surface area contributed by atoms with Gasteiger partial charge in [-0.1, -0.05) is 60.7 Å². The van der Waals surface area contributed by atoms with E-state index in [4.69, 9.17) is 9.84 Å². The van der Waals surface area contributed by atoms with Crippen molar-refractivity contribution < 1.29 is 4.74 Å². The molecule has 0 N–H and O–H groups in total. The number of benzene rings is 2. The lowest BCUT2D eigenvalue weighted by Gasteiger charge is -2.38. The van der Waals surface area contributed by atoms with E-state index in [0.717, 1.165) is 23.5 Å². The van der Waals surface area contributed by atoms with Gasteiger partial charge in [0, 0.05) is 12.0 Å². The summed E-state index contributed by atoms with van der Waals surface area (Å²) in [7, 11) is 0. The van der Waals surface area contributed by atoms with Gasteiger partial charge < -0.3 is 4.74 Å². The highest BCUT2D eigenvalue weighted by atomic mass is 32.1. The van der Waals surface area contributed by atoms with Gasteiger partial charge in [0.1, 0.15) is 5.75 Å². The second kappa shape index (κ2) is 6.71. The molecule has 0 saturated carbocycles. The average Bonchev–Trinajstić information content (AvgIpc) is 3.38. The van der Waals surface area contributed by atoms with E-state index in [-0.39, 0.29) is 12.3 Å². The zero-order valence-electron chi connectivity index (χ0n) is 15.1. The van der Waals surface area contributed by atoms with Crippen molar-refractivity contribution in [2.75, 3.05) is 0 Å². The molecule has 0 aliphatic carbocycles. The SMILES string of the molecule is C/C(=C\c1ccccc1)C1Oc2ccccc2C2CC(c3cccs3)=NN12. The highest BCUT2D eigenvalue weighted by molar-refractivity contribution is 7.12. The van der Waals surface area contributed by atoms with Gasteiger partial charge in [-0.25, -0.2) is 5.01 Å². The van der Waals surface area contributed by atoms with Crippen molar-refractivity contribution >= 4 is 23.1 Å². The van der Waals surface area contributed by atoms with Crippen LogP contribution < -0.4 is 4.74 Å². The Morgan fingerprint density at radius 2 is 1.89 bits per heavy atom. The Labute approximate surface area is 163 Å². The summed E-state index contributed by atoms with van der Waals surface area (Å²) in [5, 5.41) is 9.24. The Balaban J connectivity index is 1.56. The highest BCUT2D eigenvalue weighted by Gasteiger charge is 2.40. The first-order valence-electron chi connectivity index (χ1n) is 9.18. The van der Waals surface area contributed by atoms with Crippen LogP contribution in [0, 0.1) is 0 Å². The lowest BCUT2D eigenvalue weighted by Crippen LogP contribution is -2.41. The number of rotatable bonds is 3. The van der Waals surface area contributed by atoms with Gasteiger partial charge in [0.05, 0.1) is 16.6 Å². The summed E-state index contributed by atoms with van der Waals surface area (Å²) in [6.45, 7) is 2.13. The Kier molecular flexibility index (Phi) is 4.06. The second-order valence-corrected chi connectivity index (χ2v) is 7.88. The van der Waals surface area contributed by atoms with Crippen LogP contribution in [0.25, 0.3) is 6.08 Å². The molecule has 0 saturated heterocycles. The van der Waals surface area contributed by atoms with Gasteiger partial charge >= 0.3 is 0 Å². The molecule has 0 spiro atoms. The smallest absolute Gasteiger partial charge is 0.209 e. The van der Waals surface area contributed by atoms with E-state index in [1.165, 1.54) is 16.0 Å². The van der Waals surface area contributed by atoms with Crippen molar-refractivity contribution in [1.29, 1.82) is 0 Å². The van der Waals surface area contributed by atoms with Crippen molar-refractivity contribution in [2.24, 2.45) is 5.10 Å². The van der Waals surface area contributed by atoms with Crippen molar-refractivity contribution in [3.63, 3.8) is 0 Å². The van der Waals surface area contributed by atoms with E-state index in [2.05, 4.69) is 78.0 Å². The first-order chi connectivity index (χ1) is 13.3. The molecule has 3 aromatic rings. The van der Waals surface area contributed by atoms with Crippen LogP contribution in [0.1, 0.15) is 35.4 Å². The zero-order valence-corrected chi connectivity index (χ0v) is 15.9. The lowest BCUT2D eigenvalue weighted by molar-refractivity contribution is 0.00965. The largest absolute Gasteiger partial charge is 0.465 e. The number of hydrogen-bond acceptors (Lipinski definition) is 4. The van der Waals surface area contributed by atoms with Gasteiger partial charge in [-0.15, -0.1) is 11.3 Å². The van der Waals surface area contributed by atoms with Gasteiger partial charge in [-0.05, 0) is 35.6 Å². The van der Waals surface area contributed by atoms with E-state index >= 15 is 0 Å². The van der Waals surface area contributed by atoms with Gasteiger partial charge in [-0.3, -0.25) is 0 Å². The minimum atomic E-state index is -0.192. The first kappa shape index (κ1) is 16.3. The maximum Gasteiger partial charge on any atom is 0.209 e. The average molecular weight is 372 g/mol. The second-order valence-electron chi connectivity index (χ2n) is 6.93. The molecule has 0 fully saturated rings. The van der Waals surface area contributed by atoms with Crippen LogP contribution in [-0.2, 0) is 0 Å². The number of fused-ring (bicyclic) bond motifs is 3. The zero-order chi connectivity index (χ0) is 18.2. The number of hydrogen-bond donors (Lipinski definition) is 0. The molecule has 1 aromatic heterocycles. The van der Waals surface area contributed by atoms with Crippen LogP contribution in [0.2, 0.25) is 0 Å². The van der Waals surface area contributed by atoms with E-state index in [1.807, 2.05) is 12.1 Å². The predicted molar refractivity (Wildman–Crippen MR) is 111 cm³/mol. The fraction of sp³-hybridized carbons (Fsp3) is 0.174. The quantitative estimate of drug-likeness (QED) is 0.587. The van der Waals surface area contributed by atoms with Gasteiger partial charge in [0.15, 0.2) is 0 Å². The van der Waals surface area contributed by atoms with E-state index in [0.29, 0.717) is 0 Å². The maximum absolute atomic E-state index is 6.40. The molecule has 0 amide bonds. The fourth-order valence-electron chi connectivity index (χ4n) is 3.81. The molecule has 0 radical (unpaired) electrons. The molecule has 2 aliphatic rings. The topological polar surface area (TPSA) is 24.8 Å². The number of thiophene rings is 1. The van der Waals surface area contributed by atoms with E-state index in [9.17, 15) is 0 Å². The molecule has 0 bridgehead atoms. The highest BCUT2D eigenvalue weighted by Crippen LogP contribution is 2.44. The van der Waals surface area contributed by atoms with Crippen LogP contribution >= 0.6 is 11.3 Å². The molecular formula is C23H20N2OS. The van der Waals surface area contributed by atoms with Crippen LogP contribution in [0.5, 0.6) is 5.75 Å². The molecule has 3 heterocycles. The minimum absolute atomic E-state index is 0.192. The Morgan fingerprint density at radius 1 is 1.07 bits per heavy atom. The van der Waals surface area contributed by atoms with Crippen LogP contribution in [-0.4, -0.2) is 16.9 Å². The Morgan fingerprint density at radius 3 is 2.70 bits per heavy atom. The monoisotopic (exact) mass is 372 g/mol. The lowest BCUT2D eigenvalue weighted by atomic mass is 9.97. The first-order valence-corrected chi connectivity index (χ1v) is 10.1. The maximum atomic E-state index is 6.40. The van der Waals surface area contributed by atoms with Crippen LogP contribution in [0.4, 0.5) is 0 Å². The van der Waals surface area contributed by atoms with Crippen molar-refractivity contribution in [2.45, 2.75) is 25.6 Å². The number of ether oxygens (including phenoxy) is 1. The fourth-order valence-corrected chi connectivity index (χ4v) is 4.53. The molecule has 2 atom stereocenters. The van der Waals surface area contributed by atoms with Gasteiger partial charge in [0.2, 0.25) is 6.23 Å². The van der Waals surface area contributed by atoms with Crippen molar-refractivity contribution in [3.05, 3.63) is 93.7 Å². The molecule has 2 aliphatic heterocycles. The summed E-state index contributed by atoms with van der Waals surface area (Å²) >= 11 is 1.75. The number of para-hydroxylation sites is 1. The summed E-state index contributed by atoms with van der Waals surface area (Å²) in [6, 6.07) is 23.2. The predicted octanol–water partition coefficient (Wildman–Crippen LogP) is 5.72. The Bertz CT molecular complexity index is 1010. The molecule has 4 heteroatoms. The minimum Gasteiger partial charge on any atom is -0.465 e. The van der Waals surface area contributed by atoms with Gasteiger partial charge in [0.25, 0.3) is 0 Å². The summed E-state index contributed by atoms with van der Waals surface area (Å²) in [6.07, 6.45) is 2.91. The van der Waals surface area contributed by atoms with Crippen molar-refractivity contribution in [3.8, 4) is 5.75 Å². The number of hydrazone groups is 1. The summed E-state index contributed by atoms with van der Waals surface area (Å²) in [5.41, 5.74) is 4.69. The van der Waals surface area contributed by atoms with E-state index < -0.39 is 0 Å². The summed E-state index contributed by atoms with van der Waals surface area (Å²) in [4.78, 5) is 1.24. The van der Waals surface area contributed by atoms with Crippen molar-refractivity contribution in [1.82, 2.24) is 5.01 Å². The molecule has 2 unspecified atom stereocenters.